The predicted molar refractivity (Wildman–Crippen MR) is 75.6 cm³/mol. The molecule has 0 amide bonds. The summed E-state index contributed by atoms with van der Waals surface area (Å²) in [5.74, 6) is -2.17. The van der Waals surface area contributed by atoms with Crippen molar-refractivity contribution in [2.45, 2.75) is 4.90 Å². The Hall–Kier alpha value is -2.47. The minimum Gasteiger partial charge on any atom is -0.477 e. The molecule has 0 saturated heterocycles. The van der Waals surface area contributed by atoms with E-state index in [2.05, 4.69) is 0 Å². The Bertz CT molecular complexity index is 778. The van der Waals surface area contributed by atoms with Gasteiger partial charge in [0.05, 0.1) is 4.90 Å². The lowest BCUT2D eigenvalue weighted by atomic mass is 10.2. The molecule has 6 heteroatoms. The average molecular weight is 306 g/mol. The second-order valence-corrected chi connectivity index (χ2v) is 6.10. The van der Waals surface area contributed by atoms with Crippen molar-refractivity contribution in [2.24, 2.45) is 0 Å². The SMILES string of the molecule is O=C(O)/C(=C/c1ccccc1)S(=O)(=O)c1ccc(F)cc1. The summed E-state index contributed by atoms with van der Waals surface area (Å²) in [4.78, 5) is 10.2. The molecule has 0 aliphatic carbocycles. The van der Waals surface area contributed by atoms with Crippen molar-refractivity contribution >= 4 is 21.9 Å². The van der Waals surface area contributed by atoms with Crippen molar-refractivity contribution in [3.05, 3.63) is 70.9 Å². The van der Waals surface area contributed by atoms with Crippen LogP contribution in [-0.2, 0) is 14.6 Å². The number of hydrogen-bond donors (Lipinski definition) is 1. The standard InChI is InChI=1S/C15H11FO4S/c16-12-6-8-13(9-7-12)21(19,20)14(15(17)18)10-11-4-2-1-3-5-11/h1-10H,(H,17,18)/b14-10-. The molecule has 0 radical (unpaired) electrons. The molecule has 21 heavy (non-hydrogen) atoms. The normalized spacial score (nSPS) is 12.1. The number of carbonyl (C=O) groups is 1. The van der Waals surface area contributed by atoms with Crippen LogP contribution in [0.2, 0.25) is 0 Å². The molecule has 2 rings (SSSR count). The Balaban J connectivity index is 2.55. The van der Waals surface area contributed by atoms with E-state index in [4.69, 9.17) is 5.11 Å². The highest BCUT2D eigenvalue weighted by atomic mass is 32.2. The van der Waals surface area contributed by atoms with Crippen LogP contribution >= 0.6 is 0 Å². The smallest absolute Gasteiger partial charge is 0.347 e. The lowest BCUT2D eigenvalue weighted by Crippen LogP contribution is -2.13. The van der Waals surface area contributed by atoms with Gasteiger partial charge in [-0.25, -0.2) is 17.6 Å². The highest BCUT2D eigenvalue weighted by molar-refractivity contribution is 7.96. The minimum absolute atomic E-state index is 0.270. The molecule has 0 saturated carbocycles. The molecule has 1 N–H and O–H groups in total. The molecule has 2 aromatic rings. The summed E-state index contributed by atoms with van der Waals surface area (Å²) in [7, 11) is -4.22. The third-order valence-corrected chi connectivity index (χ3v) is 4.49. The Morgan fingerprint density at radius 1 is 1.00 bits per heavy atom. The highest BCUT2D eigenvalue weighted by Gasteiger charge is 2.26. The summed E-state index contributed by atoms with van der Waals surface area (Å²) in [6.45, 7) is 0. The first-order valence-corrected chi connectivity index (χ1v) is 7.40. The van der Waals surface area contributed by atoms with E-state index in [1.165, 1.54) is 0 Å². The van der Waals surface area contributed by atoms with E-state index in [0.717, 1.165) is 30.3 Å². The van der Waals surface area contributed by atoms with Crippen LogP contribution in [0.3, 0.4) is 0 Å². The molecule has 0 bridgehead atoms. The molecular formula is C15H11FO4S. The number of halogens is 1. The molecule has 0 unspecified atom stereocenters. The first-order chi connectivity index (χ1) is 9.91. The van der Waals surface area contributed by atoms with Gasteiger partial charge in [-0.05, 0) is 35.9 Å². The summed E-state index contributed by atoms with van der Waals surface area (Å²) in [6.07, 6.45) is 1.07. The third kappa shape index (κ3) is 3.35. The van der Waals surface area contributed by atoms with Crippen molar-refractivity contribution in [3.8, 4) is 0 Å². The summed E-state index contributed by atoms with van der Waals surface area (Å²) in [6, 6.07) is 12.2. The van der Waals surface area contributed by atoms with E-state index in [1.807, 2.05) is 0 Å². The van der Waals surface area contributed by atoms with E-state index in [0.29, 0.717) is 5.56 Å². The number of rotatable bonds is 4. The van der Waals surface area contributed by atoms with E-state index in [9.17, 15) is 17.6 Å². The Kier molecular flexibility index (Phi) is 4.18. The summed E-state index contributed by atoms with van der Waals surface area (Å²) >= 11 is 0. The van der Waals surface area contributed by atoms with Crippen molar-refractivity contribution < 1.29 is 22.7 Å². The van der Waals surface area contributed by atoms with E-state index in [1.54, 1.807) is 30.3 Å². The summed E-state index contributed by atoms with van der Waals surface area (Å²) in [5.41, 5.74) is 0.445. The number of aliphatic carboxylic acids is 1. The van der Waals surface area contributed by atoms with Crippen LogP contribution in [-0.4, -0.2) is 19.5 Å². The van der Waals surface area contributed by atoms with Gasteiger partial charge in [-0.3, -0.25) is 0 Å². The van der Waals surface area contributed by atoms with Gasteiger partial charge < -0.3 is 5.11 Å². The fourth-order valence-electron chi connectivity index (χ4n) is 1.70. The molecule has 2 aromatic carbocycles. The average Bonchev–Trinajstić information content (AvgIpc) is 2.46. The second-order valence-electron chi connectivity index (χ2n) is 4.18. The van der Waals surface area contributed by atoms with E-state index < -0.39 is 26.5 Å². The maximum Gasteiger partial charge on any atom is 0.347 e. The first kappa shape index (κ1) is 14.9. The van der Waals surface area contributed by atoms with E-state index in [-0.39, 0.29) is 4.90 Å². The fraction of sp³-hybridized carbons (Fsp3) is 0. The second kappa shape index (κ2) is 5.88. The largest absolute Gasteiger partial charge is 0.477 e. The number of benzene rings is 2. The maximum atomic E-state index is 12.9. The van der Waals surface area contributed by atoms with Gasteiger partial charge in [0, 0.05) is 0 Å². The van der Waals surface area contributed by atoms with Gasteiger partial charge in [0.15, 0.2) is 4.91 Å². The van der Waals surface area contributed by atoms with Gasteiger partial charge in [0.25, 0.3) is 0 Å². The Morgan fingerprint density at radius 2 is 1.57 bits per heavy atom. The van der Waals surface area contributed by atoms with Crippen molar-refractivity contribution in [2.75, 3.05) is 0 Å². The third-order valence-electron chi connectivity index (χ3n) is 2.72. The zero-order chi connectivity index (χ0) is 15.5. The van der Waals surface area contributed by atoms with Crippen molar-refractivity contribution in [3.63, 3.8) is 0 Å². The lowest BCUT2D eigenvalue weighted by molar-refractivity contribution is -0.131. The van der Waals surface area contributed by atoms with Crippen LogP contribution < -0.4 is 0 Å². The van der Waals surface area contributed by atoms with Crippen LogP contribution in [0.15, 0.2) is 64.4 Å². The zero-order valence-corrected chi connectivity index (χ0v) is 11.5. The monoisotopic (exact) mass is 306 g/mol. The molecule has 4 nitrogen and oxygen atoms in total. The Labute approximate surface area is 121 Å². The maximum absolute atomic E-state index is 12.9. The van der Waals surface area contributed by atoms with Crippen LogP contribution in [0, 0.1) is 5.82 Å². The summed E-state index contributed by atoms with van der Waals surface area (Å²) < 4.78 is 37.5. The van der Waals surface area contributed by atoms with Crippen LogP contribution in [0.25, 0.3) is 6.08 Å². The van der Waals surface area contributed by atoms with Crippen molar-refractivity contribution in [1.82, 2.24) is 0 Å². The minimum atomic E-state index is -4.22. The zero-order valence-electron chi connectivity index (χ0n) is 10.7. The molecule has 0 atom stereocenters. The quantitative estimate of drug-likeness (QED) is 0.696. The number of carboxylic acids is 1. The van der Waals surface area contributed by atoms with Gasteiger partial charge in [-0.15, -0.1) is 0 Å². The molecule has 108 valence electrons. The predicted octanol–water partition coefficient (Wildman–Crippen LogP) is 2.73. The van der Waals surface area contributed by atoms with Crippen molar-refractivity contribution in [1.29, 1.82) is 0 Å². The van der Waals surface area contributed by atoms with Crippen LogP contribution in [0.5, 0.6) is 0 Å². The molecule has 0 aliphatic heterocycles. The van der Waals surface area contributed by atoms with Gasteiger partial charge in [0.1, 0.15) is 5.82 Å². The Morgan fingerprint density at radius 3 is 2.10 bits per heavy atom. The van der Waals surface area contributed by atoms with Gasteiger partial charge in [-0.2, -0.15) is 0 Å². The van der Waals surface area contributed by atoms with Crippen LogP contribution in [0.1, 0.15) is 5.56 Å². The van der Waals surface area contributed by atoms with Gasteiger partial charge >= 0.3 is 5.97 Å². The van der Waals surface area contributed by atoms with E-state index >= 15 is 0 Å². The number of sulfone groups is 1. The highest BCUT2D eigenvalue weighted by Crippen LogP contribution is 2.22. The molecular weight excluding hydrogens is 295 g/mol. The molecule has 0 heterocycles. The molecule has 0 aliphatic rings. The topological polar surface area (TPSA) is 71.4 Å². The summed E-state index contributed by atoms with van der Waals surface area (Å²) in [5, 5.41) is 9.16. The molecule has 0 spiro atoms. The lowest BCUT2D eigenvalue weighted by Gasteiger charge is -2.05. The fourth-order valence-corrected chi connectivity index (χ4v) is 2.97. The van der Waals surface area contributed by atoms with Gasteiger partial charge in [-0.1, -0.05) is 30.3 Å². The number of hydrogen-bond acceptors (Lipinski definition) is 3. The number of carboxylic acid groups (broad SMARTS) is 1. The van der Waals surface area contributed by atoms with Crippen LogP contribution in [0.4, 0.5) is 4.39 Å². The molecule has 0 aromatic heterocycles. The van der Waals surface area contributed by atoms with Gasteiger partial charge in [0.2, 0.25) is 9.84 Å². The molecule has 0 fully saturated rings. The first-order valence-electron chi connectivity index (χ1n) is 5.92.